The van der Waals surface area contributed by atoms with Gasteiger partial charge in [0.05, 0.1) is 6.54 Å². The van der Waals surface area contributed by atoms with Gasteiger partial charge in [0.25, 0.3) is 10.0 Å². The van der Waals surface area contributed by atoms with E-state index in [1.165, 1.54) is 17.0 Å². The predicted octanol–water partition coefficient (Wildman–Crippen LogP) is 0.883. The Labute approximate surface area is 130 Å². The molecule has 0 atom stereocenters. The Morgan fingerprint density at radius 1 is 1.41 bits per heavy atom. The number of amides is 1. The van der Waals surface area contributed by atoms with Crippen molar-refractivity contribution in [2.24, 2.45) is 5.14 Å². The molecule has 0 bridgehead atoms. The van der Waals surface area contributed by atoms with Gasteiger partial charge in [0.1, 0.15) is 11.4 Å². The third-order valence-electron chi connectivity index (χ3n) is 2.55. The maximum atomic E-state index is 11.7. The second-order valence-corrected chi connectivity index (χ2v) is 7.34. The quantitative estimate of drug-likeness (QED) is 0.747. The van der Waals surface area contributed by atoms with Gasteiger partial charge >= 0.3 is 6.09 Å². The van der Waals surface area contributed by atoms with Gasteiger partial charge in [-0.1, -0.05) is 0 Å². The van der Waals surface area contributed by atoms with Crippen molar-refractivity contribution in [3.8, 4) is 0 Å². The Kier molecular flexibility index (Phi) is 5.98. The number of hydrogen-bond acceptors (Lipinski definition) is 6. The number of nitrogens with zero attached hydrogens (tertiary/aromatic N) is 1. The zero-order valence-corrected chi connectivity index (χ0v) is 14.1. The van der Waals surface area contributed by atoms with E-state index in [-0.39, 0.29) is 5.09 Å². The van der Waals surface area contributed by atoms with Crippen LogP contribution in [0.4, 0.5) is 4.79 Å². The minimum Gasteiger partial charge on any atom is -0.447 e. The minimum absolute atomic E-state index is 0.268. The van der Waals surface area contributed by atoms with Gasteiger partial charge in [-0.3, -0.25) is 0 Å². The Bertz CT molecular complexity index is 603. The first kappa shape index (κ1) is 18.5. The first-order valence-electron chi connectivity index (χ1n) is 6.75. The van der Waals surface area contributed by atoms with Gasteiger partial charge < -0.3 is 19.4 Å². The zero-order valence-electron chi connectivity index (χ0n) is 13.3. The third kappa shape index (κ3) is 6.46. The van der Waals surface area contributed by atoms with E-state index in [4.69, 9.17) is 14.3 Å². The molecule has 9 heteroatoms. The largest absolute Gasteiger partial charge is 0.447 e. The number of carbonyl (C=O) groups is 1. The number of furan rings is 1. The van der Waals surface area contributed by atoms with Crippen molar-refractivity contribution < 1.29 is 22.4 Å². The predicted molar refractivity (Wildman–Crippen MR) is 80.7 cm³/mol. The second-order valence-electron chi connectivity index (χ2n) is 5.84. The number of rotatable bonds is 6. The molecular weight excluding hydrogens is 310 g/mol. The fourth-order valence-corrected chi connectivity index (χ4v) is 1.98. The summed E-state index contributed by atoms with van der Waals surface area (Å²) in [5, 5.41) is 7.72. The van der Waals surface area contributed by atoms with Crippen molar-refractivity contribution in [1.29, 1.82) is 0 Å². The lowest BCUT2D eigenvalue weighted by molar-refractivity contribution is 0.0300. The molecule has 1 rings (SSSR count). The highest BCUT2D eigenvalue weighted by Gasteiger charge is 2.19. The summed E-state index contributed by atoms with van der Waals surface area (Å²) in [6, 6.07) is 2.84. The molecule has 1 aromatic rings. The summed E-state index contributed by atoms with van der Waals surface area (Å²) in [4.78, 5) is 13.2. The number of hydrogen-bond donors (Lipinski definition) is 2. The molecule has 0 aliphatic rings. The molecule has 0 saturated heterocycles. The average molecular weight is 333 g/mol. The van der Waals surface area contributed by atoms with Gasteiger partial charge in [0.2, 0.25) is 5.09 Å². The number of sulfonamides is 1. The topological polar surface area (TPSA) is 115 Å². The van der Waals surface area contributed by atoms with E-state index in [0.29, 0.717) is 25.4 Å². The molecule has 0 fully saturated rings. The summed E-state index contributed by atoms with van der Waals surface area (Å²) in [5.41, 5.74) is -0.531. The van der Waals surface area contributed by atoms with Gasteiger partial charge in [-0.15, -0.1) is 0 Å². The molecule has 8 nitrogen and oxygen atoms in total. The molecule has 0 unspecified atom stereocenters. The fraction of sp³-hybridized carbons (Fsp3) is 0.615. The zero-order chi connectivity index (χ0) is 17.0. The Morgan fingerprint density at radius 2 is 2.05 bits per heavy atom. The van der Waals surface area contributed by atoms with Gasteiger partial charge in [-0.05, 0) is 32.9 Å². The highest BCUT2D eigenvalue weighted by Crippen LogP contribution is 2.12. The van der Waals surface area contributed by atoms with Crippen LogP contribution in [-0.4, -0.2) is 45.1 Å². The monoisotopic (exact) mass is 333 g/mol. The molecule has 0 radical (unpaired) electrons. The Hall–Kier alpha value is -1.58. The molecule has 1 amide bonds. The average Bonchev–Trinajstić information content (AvgIpc) is 2.80. The smallest absolute Gasteiger partial charge is 0.410 e. The normalized spacial score (nSPS) is 12.2. The van der Waals surface area contributed by atoms with Crippen LogP contribution in [0.15, 0.2) is 21.6 Å². The van der Waals surface area contributed by atoms with Crippen molar-refractivity contribution in [3.63, 3.8) is 0 Å². The van der Waals surface area contributed by atoms with E-state index in [0.717, 1.165) is 0 Å². The lowest BCUT2D eigenvalue weighted by Crippen LogP contribution is -2.37. The molecule has 0 saturated carbocycles. The Morgan fingerprint density at radius 3 is 2.55 bits per heavy atom. The summed E-state index contributed by atoms with van der Waals surface area (Å²) in [7, 11) is -2.18. The SMILES string of the molecule is CN(CCNCc1ccc(S(N)(=O)=O)o1)C(=O)OC(C)(C)C. The van der Waals surface area contributed by atoms with Crippen LogP contribution in [0.25, 0.3) is 0 Å². The third-order valence-corrected chi connectivity index (χ3v) is 3.33. The second kappa shape index (κ2) is 7.12. The highest BCUT2D eigenvalue weighted by molar-refractivity contribution is 7.89. The molecular formula is C13H23N3O5S. The first-order valence-corrected chi connectivity index (χ1v) is 8.30. The molecule has 0 spiro atoms. The van der Waals surface area contributed by atoms with Crippen LogP contribution < -0.4 is 10.5 Å². The van der Waals surface area contributed by atoms with E-state index in [9.17, 15) is 13.2 Å². The van der Waals surface area contributed by atoms with Crippen molar-refractivity contribution in [1.82, 2.24) is 10.2 Å². The Balaban J connectivity index is 2.33. The van der Waals surface area contributed by atoms with E-state index >= 15 is 0 Å². The molecule has 3 N–H and O–H groups in total. The van der Waals surface area contributed by atoms with Crippen molar-refractivity contribution in [2.45, 2.75) is 38.0 Å². The standard InChI is InChI=1S/C13H23N3O5S/c1-13(2,3)21-12(17)16(4)8-7-15-9-10-5-6-11(20-10)22(14,18)19/h5-6,15H,7-9H2,1-4H3,(H2,14,18,19). The number of nitrogens with one attached hydrogen (secondary N) is 1. The maximum Gasteiger partial charge on any atom is 0.410 e. The highest BCUT2D eigenvalue weighted by atomic mass is 32.2. The fourth-order valence-electron chi connectivity index (χ4n) is 1.50. The number of primary sulfonamides is 1. The van der Waals surface area contributed by atoms with E-state index < -0.39 is 21.7 Å². The van der Waals surface area contributed by atoms with Crippen molar-refractivity contribution >= 4 is 16.1 Å². The number of ether oxygens (including phenoxy) is 1. The molecule has 22 heavy (non-hydrogen) atoms. The lowest BCUT2D eigenvalue weighted by Gasteiger charge is -2.24. The van der Waals surface area contributed by atoms with Gasteiger partial charge in [0.15, 0.2) is 0 Å². The summed E-state index contributed by atoms with van der Waals surface area (Å²) >= 11 is 0. The maximum absolute atomic E-state index is 11.7. The summed E-state index contributed by atoms with van der Waals surface area (Å²) in [6.45, 7) is 6.68. The summed E-state index contributed by atoms with van der Waals surface area (Å²) in [6.07, 6.45) is -0.399. The summed E-state index contributed by atoms with van der Waals surface area (Å²) < 4.78 is 32.4. The van der Waals surface area contributed by atoms with Gasteiger partial charge in [-0.2, -0.15) is 0 Å². The van der Waals surface area contributed by atoms with Crippen LogP contribution in [0, 0.1) is 0 Å². The van der Waals surface area contributed by atoms with Crippen LogP contribution in [0.3, 0.4) is 0 Å². The van der Waals surface area contributed by atoms with E-state index in [1.807, 2.05) is 0 Å². The molecule has 126 valence electrons. The van der Waals surface area contributed by atoms with Crippen molar-refractivity contribution in [3.05, 3.63) is 17.9 Å². The van der Waals surface area contributed by atoms with Crippen LogP contribution in [0.2, 0.25) is 0 Å². The molecule has 1 heterocycles. The number of carbonyl (C=O) groups excluding carboxylic acids is 1. The van der Waals surface area contributed by atoms with Gasteiger partial charge in [0, 0.05) is 20.1 Å². The minimum atomic E-state index is -3.82. The van der Waals surface area contributed by atoms with Crippen LogP contribution in [0.5, 0.6) is 0 Å². The number of nitrogens with two attached hydrogens (primary N) is 1. The van der Waals surface area contributed by atoms with Crippen LogP contribution in [-0.2, 0) is 21.3 Å². The van der Waals surface area contributed by atoms with E-state index in [2.05, 4.69) is 5.32 Å². The number of likely N-dealkylation sites (N-methyl/N-ethyl adjacent to an activating group) is 1. The molecule has 0 aromatic carbocycles. The van der Waals surface area contributed by atoms with Gasteiger partial charge in [-0.25, -0.2) is 18.4 Å². The lowest BCUT2D eigenvalue weighted by atomic mass is 10.2. The van der Waals surface area contributed by atoms with Crippen LogP contribution >= 0.6 is 0 Å². The first-order chi connectivity index (χ1) is 9.99. The molecule has 0 aliphatic carbocycles. The summed E-state index contributed by atoms with van der Waals surface area (Å²) in [5.74, 6) is 0.448. The van der Waals surface area contributed by atoms with Crippen molar-refractivity contribution in [2.75, 3.05) is 20.1 Å². The molecule has 0 aliphatic heterocycles. The molecule has 1 aromatic heterocycles. The van der Waals surface area contributed by atoms with Crippen LogP contribution in [0.1, 0.15) is 26.5 Å². The van der Waals surface area contributed by atoms with E-state index in [1.54, 1.807) is 27.8 Å².